The highest BCUT2D eigenvalue weighted by molar-refractivity contribution is 6.06. The predicted molar refractivity (Wildman–Crippen MR) is 114 cm³/mol. The van der Waals surface area contributed by atoms with Gasteiger partial charge in [-0.2, -0.15) is 18.4 Å². The Bertz CT molecular complexity index is 998. The fourth-order valence-corrected chi connectivity index (χ4v) is 2.82. The molecule has 0 atom stereocenters. The number of nitrogens with zero attached hydrogens (tertiary/aromatic N) is 1. The number of ether oxygens (including phenoxy) is 2. The summed E-state index contributed by atoms with van der Waals surface area (Å²) in [6.45, 7) is 5.14. The molecule has 0 aliphatic rings. The van der Waals surface area contributed by atoms with Crippen molar-refractivity contribution in [1.82, 2.24) is 5.32 Å². The van der Waals surface area contributed by atoms with Crippen LogP contribution in [0.2, 0.25) is 0 Å². The van der Waals surface area contributed by atoms with Gasteiger partial charge in [0.05, 0.1) is 24.5 Å². The van der Waals surface area contributed by atoms with Crippen molar-refractivity contribution in [2.45, 2.75) is 26.4 Å². The number of nitriles is 1. The molecule has 0 spiro atoms. The number of anilines is 1. The minimum absolute atomic E-state index is 0.344. The van der Waals surface area contributed by atoms with Crippen LogP contribution in [-0.4, -0.2) is 25.7 Å². The SMILES string of the molecule is CCOc1ccc(CCN/C=C(/C#N)C(=O)Nc2ccccc2C(F)(F)F)cc1OCC. The van der Waals surface area contributed by atoms with Crippen molar-refractivity contribution in [3.05, 3.63) is 65.4 Å². The second kappa shape index (κ2) is 11.6. The van der Waals surface area contributed by atoms with Crippen LogP contribution in [0, 0.1) is 11.3 Å². The number of amides is 1. The highest BCUT2D eigenvalue weighted by atomic mass is 19.4. The van der Waals surface area contributed by atoms with E-state index < -0.39 is 23.3 Å². The quantitative estimate of drug-likeness (QED) is 0.314. The van der Waals surface area contributed by atoms with E-state index in [1.807, 2.05) is 32.0 Å². The highest BCUT2D eigenvalue weighted by Crippen LogP contribution is 2.34. The molecule has 0 bridgehead atoms. The molecule has 0 aliphatic carbocycles. The topological polar surface area (TPSA) is 83.4 Å². The average Bonchev–Trinajstić information content (AvgIpc) is 2.75. The predicted octanol–water partition coefficient (Wildman–Crippen LogP) is 4.68. The van der Waals surface area contributed by atoms with Gasteiger partial charge in [0.1, 0.15) is 11.6 Å². The van der Waals surface area contributed by atoms with Crippen molar-refractivity contribution in [3.63, 3.8) is 0 Å². The zero-order valence-corrected chi connectivity index (χ0v) is 17.8. The Balaban J connectivity index is 2.00. The van der Waals surface area contributed by atoms with Gasteiger partial charge in [0.25, 0.3) is 5.91 Å². The molecule has 0 aromatic heterocycles. The minimum atomic E-state index is -4.63. The largest absolute Gasteiger partial charge is 0.490 e. The van der Waals surface area contributed by atoms with Crippen LogP contribution in [0.5, 0.6) is 11.5 Å². The standard InChI is InChI=1S/C23H24F3N3O3/c1-3-31-20-10-9-16(13-21(20)32-4-2)11-12-28-15-17(14-27)22(30)29-19-8-6-5-7-18(19)23(24,25)26/h5-10,13,15,28H,3-4,11-12H2,1-2H3,(H,29,30)/b17-15-. The summed E-state index contributed by atoms with van der Waals surface area (Å²) >= 11 is 0. The van der Waals surface area contributed by atoms with E-state index in [1.54, 1.807) is 6.07 Å². The first-order valence-corrected chi connectivity index (χ1v) is 9.99. The molecule has 9 heteroatoms. The molecule has 0 heterocycles. The van der Waals surface area contributed by atoms with Gasteiger partial charge in [-0.15, -0.1) is 0 Å². The summed E-state index contributed by atoms with van der Waals surface area (Å²) in [5.41, 5.74) is -0.799. The summed E-state index contributed by atoms with van der Waals surface area (Å²) < 4.78 is 50.3. The molecule has 6 nitrogen and oxygen atoms in total. The number of alkyl halides is 3. The van der Waals surface area contributed by atoms with Gasteiger partial charge < -0.3 is 20.1 Å². The van der Waals surface area contributed by atoms with Crippen molar-refractivity contribution < 1.29 is 27.4 Å². The van der Waals surface area contributed by atoms with Gasteiger partial charge in [-0.05, 0) is 50.1 Å². The van der Waals surface area contributed by atoms with Gasteiger partial charge in [0.15, 0.2) is 11.5 Å². The molecule has 0 unspecified atom stereocenters. The second-order valence-corrected chi connectivity index (χ2v) is 6.52. The molecular weight excluding hydrogens is 423 g/mol. The van der Waals surface area contributed by atoms with E-state index in [0.29, 0.717) is 37.7 Å². The maximum absolute atomic E-state index is 13.1. The average molecular weight is 447 g/mol. The highest BCUT2D eigenvalue weighted by Gasteiger charge is 2.33. The molecule has 0 aliphatic heterocycles. The fraction of sp³-hybridized carbons (Fsp3) is 0.304. The minimum Gasteiger partial charge on any atom is -0.490 e. The number of nitrogens with one attached hydrogen (secondary N) is 2. The maximum Gasteiger partial charge on any atom is 0.418 e. The van der Waals surface area contributed by atoms with Crippen LogP contribution in [0.3, 0.4) is 0 Å². The Morgan fingerprint density at radius 1 is 1.09 bits per heavy atom. The Labute approximate surface area is 184 Å². The molecule has 170 valence electrons. The first kappa shape index (κ1) is 24.6. The molecular formula is C23H24F3N3O3. The number of carbonyl (C=O) groups excluding carboxylic acids is 1. The second-order valence-electron chi connectivity index (χ2n) is 6.52. The number of carbonyl (C=O) groups is 1. The van der Waals surface area contributed by atoms with Crippen LogP contribution in [0.4, 0.5) is 18.9 Å². The molecule has 2 aromatic carbocycles. The smallest absolute Gasteiger partial charge is 0.418 e. The first-order valence-electron chi connectivity index (χ1n) is 9.99. The van der Waals surface area contributed by atoms with E-state index in [-0.39, 0.29) is 5.57 Å². The van der Waals surface area contributed by atoms with Crippen molar-refractivity contribution in [2.75, 3.05) is 25.1 Å². The number of para-hydroxylation sites is 1. The number of hydrogen-bond acceptors (Lipinski definition) is 5. The van der Waals surface area contributed by atoms with Crippen molar-refractivity contribution in [3.8, 4) is 17.6 Å². The Kier molecular flexibility index (Phi) is 8.95. The van der Waals surface area contributed by atoms with Crippen molar-refractivity contribution in [1.29, 1.82) is 5.26 Å². The monoisotopic (exact) mass is 447 g/mol. The summed E-state index contributed by atoms with van der Waals surface area (Å²) in [5.74, 6) is 0.341. The molecule has 0 radical (unpaired) electrons. The lowest BCUT2D eigenvalue weighted by Gasteiger charge is -2.13. The van der Waals surface area contributed by atoms with Gasteiger partial charge in [0.2, 0.25) is 0 Å². The van der Waals surface area contributed by atoms with Crippen LogP contribution in [-0.2, 0) is 17.4 Å². The van der Waals surface area contributed by atoms with Gasteiger partial charge >= 0.3 is 6.18 Å². The van der Waals surface area contributed by atoms with E-state index in [9.17, 15) is 23.2 Å². The van der Waals surface area contributed by atoms with E-state index in [1.165, 1.54) is 18.3 Å². The van der Waals surface area contributed by atoms with E-state index in [0.717, 1.165) is 17.7 Å². The number of rotatable bonds is 10. The van der Waals surface area contributed by atoms with Crippen molar-refractivity contribution in [2.24, 2.45) is 0 Å². The number of benzene rings is 2. The number of hydrogen-bond donors (Lipinski definition) is 2. The lowest BCUT2D eigenvalue weighted by molar-refractivity contribution is -0.137. The molecule has 0 saturated carbocycles. The third kappa shape index (κ3) is 6.94. The van der Waals surface area contributed by atoms with Crippen LogP contribution in [0.15, 0.2) is 54.2 Å². The molecule has 1 amide bonds. The molecule has 0 fully saturated rings. The van der Waals surface area contributed by atoms with Crippen LogP contribution in [0.25, 0.3) is 0 Å². The third-order valence-electron chi connectivity index (χ3n) is 4.26. The summed E-state index contributed by atoms with van der Waals surface area (Å²) in [5, 5.41) is 14.2. The van der Waals surface area contributed by atoms with E-state index in [2.05, 4.69) is 10.6 Å². The summed E-state index contributed by atoms with van der Waals surface area (Å²) in [6.07, 6.45) is -2.89. The first-order chi connectivity index (χ1) is 15.3. The Morgan fingerprint density at radius 2 is 1.78 bits per heavy atom. The lowest BCUT2D eigenvalue weighted by Crippen LogP contribution is -2.20. The van der Waals surface area contributed by atoms with Crippen LogP contribution in [0.1, 0.15) is 25.0 Å². The normalized spacial score (nSPS) is 11.4. The van der Waals surface area contributed by atoms with E-state index in [4.69, 9.17) is 9.47 Å². The Hall–Kier alpha value is -3.67. The van der Waals surface area contributed by atoms with Crippen LogP contribution < -0.4 is 20.1 Å². The van der Waals surface area contributed by atoms with Gasteiger partial charge in [-0.3, -0.25) is 4.79 Å². The molecule has 2 aromatic rings. The fourth-order valence-electron chi connectivity index (χ4n) is 2.82. The van der Waals surface area contributed by atoms with E-state index >= 15 is 0 Å². The third-order valence-corrected chi connectivity index (χ3v) is 4.26. The number of halogens is 3. The van der Waals surface area contributed by atoms with Crippen LogP contribution >= 0.6 is 0 Å². The summed E-state index contributed by atoms with van der Waals surface area (Å²) in [6, 6.07) is 11.8. The van der Waals surface area contributed by atoms with Gasteiger partial charge in [-0.25, -0.2) is 0 Å². The zero-order chi connectivity index (χ0) is 23.6. The van der Waals surface area contributed by atoms with Crippen molar-refractivity contribution >= 4 is 11.6 Å². The summed E-state index contributed by atoms with van der Waals surface area (Å²) in [7, 11) is 0. The lowest BCUT2D eigenvalue weighted by atomic mass is 10.1. The Morgan fingerprint density at radius 3 is 2.44 bits per heavy atom. The van der Waals surface area contributed by atoms with Gasteiger partial charge in [0, 0.05) is 12.7 Å². The molecule has 2 rings (SSSR count). The maximum atomic E-state index is 13.1. The molecule has 2 N–H and O–H groups in total. The zero-order valence-electron chi connectivity index (χ0n) is 17.8. The molecule has 0 saturated heterocycles. The van der Waals surface area contributed by atoms with Gasteiger partial charge in [-0.1, -0.05) is 18.2 Å². The molecule has 32 heavy (non-hydrogen) atoms. The summed E-state index contributed by atoms with van der Waals surface area (Å²) in [4.78, 5) is 12.3.